The molecule has 1 fully saturated rings. The molecule has 5 rings (SSSR count). The summed E-state index contributed by atoms with van der Waals surface area (Å²) < 4.78 is 18.7. The van der Waals surface area contributed by atoms with Crippen molar-refractivity contribution in [2.45, 2.75) is 13.1 Å². The second kappa shape index (κ2) is 5.62. The first-order valence-electron chi connectivity index (χ1n) is 8.31. The van der Waals surface area contributed by atoms with Crippen molar-refractivity contribution in [3.8, 4) is 22.7 Å². The number of pyridine rings is 1. The van der Waals surface area contributed by atoms with Crippen LogP contribution in [0.25, 0.3) is 33.6 Å². The third-order valence-electron chi connectivity index (χ3n) is 4.52. The lowest BCUT2D eigenvalue weighted by molar-refractivity contribution is 0.273. The highest BCUT2D eigenvalue weighted by Crippen LogP contribution is 2.32. The zero-order valence-electron chi connectivity index (χ0n) is 14.0. The van der Waals surface area contributed by atoms with E-state index < -0.39 is 6.17 Å². The van der Waals surface area contributed by atoms with Gasteiger partial charge >= 0.3 is 0 Å². The molecule has 0 aliphatic carbocycles. The quantitative estimate of drug-likeness (QED) is 0.611. The number of nitrogens with one attached hydrogen (secondary N) is 1. The Morgan fingerprint density at radius 2 is 2.04 bits per heavy atom. The number of aromatic nitrogens is 5. The number of aryl methyl sites for hydroxylation is 1. The van der Waals surface area contributed by atoms with E-state index in [9.17, 15) is 4.39 Å². The first kappa shape index (κ1) is 15.0. The Morgan fingerprint density at radius 1 is 1.15 bits per heavy atom. The van der Waals surface area contributed by atoms with Crippen LogP contribution in [0.2, 0.25) is 0 Å². The van der Waals surface area contributed by atoms with Gasteiger partial charge in [-0.2, -0.15) is 5.10 Å². The number of halogens is 1. The number of H-pyrrole nitrogens is 1. The second-order valence-corrected chi connectivity index (χ2v) is 6.36. The van der Waals surface area contributed by atoms with Gasteiger partial charge in [0.25, 0.3) is 0 Å². The molecule has 1 N–H and O–H groups in total. The average Bonchev–Trinajstić information content (AvgIpc) is 3.24. The number of hydrogen-bond acceptors (Lipinski definition) is 6. The van der Waals surface area contributed by atoms with E-state index >= 15 is 0 Å². The molecule has 0 radical (unpaired) electrons. The van der Waals surface area contributed by atoms with Gasteiger partial charge in [0.15, 0.2) is 0 Å². The van der Waals surface area contributed by atoms with Gasteiger partial charge in [-0.05, 0) is 30.3 Å². The monoisotopic (exact) mass is 350 g/mol. The van der Waals surface area contributed by atoms with Gasteiger partial charge in [-0.3, -0.25) is 5.10 Å². The van der Waals surface area contributed by atoms with Gasteiger partial charge in [-0.1, -0.05) is 0 Å². The predicted molar refractivity (Wildman–Crippen MR) is 94.5 cm³/mol. The van der Waals surface area contributed by atoms with E-state index in [1.54, 1.807) is 13.1 Å². The van der Waals surface area contributed by atoms with Crippen LogP contribution in [0.3, 0.4) is 0 Å². The van der Waals surface area contributed by atoms with Crippen LogP contribution in [0, 0.1) is 6.92 Å². The SMILES string of the molecule is Cc1nnc(-c2ccc3[nH]nc(-c4ccnc(N5CC(F)C5)c4)c3c2)o1. The van der Waals surface area contributed by atoms with E-state index in [0.29, 0.717) is 24.9 Å². The van der Waals surface area contributed by atoms with Crippen LogP contribution in [0.15, 0.2) is 40.9 Å². The Labute approximate surface area is 147 Å². The number of benzene rings is 1. The highest BCUT2D eigenvalue weighted by molar-refractivity contribution is 5.95. The number of hydrogen-bond donors (Lipinski definition) is 1. The van der Waals surface area contributed by atoms with Crippen LogP contribution >= 0.6 is 0 Å². The highest BCUT2D eigenvalue weighted by atomic mass is 19.1. The summed E-state index contributed by atoms with van der Waals surface area (Å²) in [5.74, 6) is 1.75. The van der Waals surface area contributed by atoms with E-state index in [0.717, 1.165) is 33.5 Å². The summed E-state index contributed by atoms with van der Waals surface area (Å²) in [5, 5.41) is 16.4. The lowest BCUT2D eigenvalue weighted by Gasteiger charge is -2.35. The number of rotatable bonds is 3. The third kappa shape index (κ3) is 2.42. The Morgan fingerprint density at radius 3 is 2.81 bits per heavy atom. The normalized spacial score (nSPS) is 14.8. The standard InChI is InChI=1S/C18H15FN6O/c1-10-21-24-18(26-10)12-2-3-15-14(6-12)17(23-22-15)11-4-5-20-16(7-11)25-8-13(19)9-25/h2-7,13H,8-9H2,1H3,(H,22,23). The zero-order valence-corrected chi connectivity index (χ0v) is 14.0. The van der Waals surface area contributed by atoms with Crippen molar-refractivity contribution < 1.29 is 8.81 Å². The summed E-state index contributed by atoms with van der Waals surface area (Å²) in [6.45, 7) is 2.53. The van der Waals surface area contributed by atoms with Gasteiger partial charge in [0.1, 0.15) is 17.7 Å². The molecule has 3 aromatic heterocycles. The smallest absolute Gasteiger partial charge is 0.247 e. The minimum Gasteiger partial charge on any atom is -0.421 e. The number of nitrogens with zero attached hydrogens (tertiary/aromatic N) is 5. The maximum atomic E-state index is 13.1. The van der Waals surface area contributed by atoms with Crippen molar-refractivity contribution in [3.05, 3.63) is 42.4 Å². The van der Waals surface area contributed by atoms with Gasteiger partial charge in [-0.15, -0.1) is 10.2 Å². The molecule has 8 heteroatoms. The van der Waals surface area contributed by atoms with Crippen LogP contribution < -0.4 is 4.90 Å². The van der Waals surface area contributed by atoms with Crippen LogP contribution in [0.4, 0.5) is 10.2 Å². The van der Waals surface area contributed by atoms with Gasteiger partial charge in [-0.25, -0.2) is 9.37 Å². The molecule has 4 aromatic rings. The molecule has 26 heavy (non-hydrogen) atoms. The first-order valence-corrected chi connectivity index (χ1v) is 8.31. The molecule has 7 nitrogen and oxygen atoms in total. The highest BCUT2D eigenvalue weighted by Gasteiger charge is 2.27. The van der Waals surface area contributed by atoms with Crippen LogP contribution in [0.1, 0.15) is 5.89 Å². The maximum Gasteiger partial charge on any atom is 0.247 e. The Hall–Kier alpha value is -3.29. The minimum atomic E-state index is -0.771. The third-order valence-corrected chi connectivity index (χ3v) is 4.52. The number of fused-ring (bicyclic) bond motifs is 1. The van der Waals surface area contributed by atoms with E-state index in [2.05, 4.69) is 25.4 Å². The summed E-state index contributed by atoms with van der Waals surface area (Å²) in [5.41, 5.74) is 3.46. The van der Waals surface area contributed by atoms with Crippen molar-refractivity contribution in [2.24, 2.45) is 0 Å². The summed E-state index contributed by atoms with van der Waals surface area (Å²) in [4.78, 5) is 6.25. The second-order valence-electron chi connectivity index (χ2n) is 6.36. The van der Waals surface area contributed by atoms with Crippen molar-refractivity contribution in [3.63, 3.8) is 0 Å². The minimum absolute atomic E-state index is 0.387. The van der Waals surface area contributed by atoms with Gasteiger partial charge in [0.2, 0.25) is 11.8 Å². The molecule has 130 valence electrons. The average molecular weight is 350 g/mol. The molecular formula is C18H15FN6O. The molecule has 0 saturated carbocycles. The molecular weight excluding hydrogens is 335 g/mol. The van der Waals surface area contributed by atoms with Crippen LogP contribution in [-0.4, -0.2) is 44.6 Å². The van der Waals surface area contributed by atoms with Crippen molar-refractivity contribution in [2.75, 3.05) is 18.0 Å². The summed E-state index contributed by atoms with van der Waals surface area (Å²) in [6.07, 6.45) is 0.953. The lowest BCUT2D eigenvalue weighted by atomic mass is 10.1. The fourth-order valence-corrected chi connectivity index (χ4v) is 3.13. The molecule has 0 amide bonds. The molecule has 1 saturated heterocycles. The predicted octanol–water partition coefficient (Wildman–Crippen LogP) is 3.14. The van der Waals surface area contributed by atoms with Crippen molar-refractivity contribution in [1.82, 2.24) is 25.4 Å². The van der Waals surface area contributed by atoms with Gasteiger partial charge in [0.05, 0.1) is 18.6 Å². The molecule has 1 aliphatic rings. The molecule has 0 atom stereocenters. The Bertz CT molecular complexity index is 1100. The molecule has 1 aromatic carbocycles. The fourth-order valence-electron chi connectivity index (χ4n) is 3.13. The van der Waals surface area contributed by atoms with Gasteiger partial charge in [0, 0.05) is 29.6 Å². The van der Waals surface area contributed by atoms with Crippen LogP contribution in [0.5, 0.6) is 0 Å². The van der Waals surface area contributed by atoms with E-state index in [-0.39, 0.29) is 0 Å². The van der Waals surface area contributed by atoms with Crippen LogP contribution in [-0.2, 0) is 0 Å². The summed E-state index contributed by atoms with van der Waals surface area (Å²) in [6, 6.07) is 9.66. The van der Waals surface area contributed by atoms with E-state index in [4.69, 9.17) is 4.42 Å². The fraction of sp³-hybridized carbons (Fsp3) is 0.222. The molecule has 0 bridgehead atoms. The first-order chi connectivity index (χ1) is 12.7. The van der Waals surface area contributed by atoms with E-state index in [1.165, 1.54) is 0 Å². The number of anilines is 1. The summed E-state index contributed by atoms with van der Waals surface area (Å²) in [7, 11) is 0. The maximum absolute atomic E-state index is 13.1. The van der Waals surface area contributed by atoms with E-state index in [1.807, 2.05) is 35.2 Å². The molecule has 0 unspecified atom stereocenters. The lowest BCUT2D eigenvalue weighted by Crippen LogP contribution is -2.48. The van der Waals surface area contributed by atoms with Gasteiger partial charge < -0.3 is 9.32 Å². The van der Waals surface area contributed by atoms with Crippen molar-refractivity contribution >= 4 is 16.7 Å². The molecule has 4 heterocycles. The topological polar surface area (TPSA) is 83.7 Å². The molecule has 1 aliphatic heterocycles. The Kier molecular flexibility index (Phi) is 3.24. The Balaban J connectivity index is 1.57. The largest absolute Gasteiger partial charge is 0.421 e. The summed E-state index contributed by atoms with van der Waals surface area (Å²) >= 11 is 0. The van der Waals surface area contributed by atoms with Crippen molar-refractivity contribution in [1.29, 1.82) is 0 Å². The number of aromatic amines is 1. The zero-order chi connectivity index (χ0) is 17.7. The molecule has 0 spiro atoms. The number of alkyl halides is 1.